The third-order valence-electron chi connectivity index (χ3n) is 2.62. The second kappa shape index (κ2) is 3.22. The molecule has 0 saturated heterocycles. The average molecular weight is 157 g/mol. The van der Waals surface area contributed by atoms with Crippen molar-refractivity contribution in [2.24, 2.45) is 5.92 Å². The van der Waals surface area contributed by atoms with Crippen LogP contribution in [-0.4, -0.2) is 35.6 Å². The van der Waals surface area contributed by atoms with Crippen molar-refractivity contribution in [1.29, 1.82) is 0 Å². The number of carboxylic acid groups (broad SMARTS) is 1. The third-order valence-corrected chi connectivity index (χ3v) is 2.62. The van der Waals surface area contributed by atoms with Gasteiger partial charge in [-0.1, -0.05) is 6.92 Å². The first-order chi connectivity index (χ1) is 5.16. The standard InChI is InChI=1S/C8H15NO2/c1-3-9(2)7-5-4-6(7)8(10)11/h6-7H,3-5H2,1-2H3,(H,10,11). The van der Waals surface area contributed by atoms with E-state index in [1.165, 1.54) is 0 Å². The fraction of sp³-hybridized carbons (Fsp3) is 0.875. The number of carbonyl (C=O) groups is 1. The highest BCUT2D eigenvalue weighted by molar-refractivity contribution is 5.72. The highest BCUT2D eigenvalue weighted by atomic mass is 16.4. The van der Waals surface area contributed by atoms with E-state index in [2.05, 4.69) is 11.8 Å². The van der Waals surface area contributed by atoms with Gasteiger partial charge in [0.05, 0.1) is 5.92 Å². The zero-order valence-corrected chi connectivity index (χ0v) is 7.08. The number of rotatable bonds is 3. The molecule has 2 atom stereocenters. The van der Waals surface area contributed by atoms with E-state index in [9.17, 15) is 4.79 Å². The molecule has 3 nitrogen and oxygen atoms in total. The quantitative estimate of drug-likeness (QED) is 0.658. The second-order valence-corrected chi connectivity index (χ2v) is 3.16. The number of aliphatic carboxylic acids is 1. The van der Waals surface area contributed by atoms with Gasteiger partial charge in [-0.3, -0.25) is 4.79 Å². The molecule has 1 N–H and O–H groups in total. The molecular formula is C8H15NO2. The maximum Gasteiger partial charge on any atom is 0.308 e. The Hall–Kier alpha value is -0.570. The predicted octanol–water partition coefficient (Wildman–Crippen LogP) is 0.801. The molecular weight excluding hydrogens is 142 g/mol. The van der Waals surface area contributed by atoms with Gasteiger partial charge in [-0.15, -0.1) is 0 Å². The summed E-state index contributed by atoms with van der Waals surface area (Å²) in [5.41, 5.74) is 0. The summed E-state index contributed by atoms with van der Waals surface area (Å²) in [6, 6.07) is 0.289. The van der Waals surface area contributed by atoms with E-state index in [1.807, 2.05) is 7.05 Å². The minimum atomic E-state index is -0.637. The lowest BCUT2D eigenvalue weighted by atomic mass is 9.79. The van der Waals surface area contributed by atoms with Gasteiger partial charge in [-0.25, -0.2) is 0 Å². The molecule has 0 amide bonds. The largest absolute Gasteiger partial charge is 0.481 e. The Morgan fingerprint density at radius 2 is 2.27 bits per heavy atom. The van der Waals surface area contributed by atoms with Gasteiger partial charge in [0, 0.05) is 6.04 Å². The van der Waals surface area contributed by atoms with E-state index < -0.39 is 5.97 Å². The minimum absolute atomic E-state index is 0.111. The molecule has 0 aromatic carbocycles. The van der Waals surface area contributed by atoms with Crippen molar-refractivity contribution in [3.8, 4) is 0 Å². The monoisotopic (exact) mass is 157 g/mol. The van der Waals surface area contributed by atoms with Gasteiger partial charge >= 0.3 is 5.97 Å². The lowest BCUT2D eigenvalue weighted by Crippen LogP contribution is -2.48. The first-order valence-electron chi connectivity index (χ1n) is 4.09. The average Bonchev–Trinajstić information content (AvgIpc) is 1.83. The van der Waals surface area contributed by atoms with Gasteiger partial charge in [0.25, 0.3) is 0 Å². The Kier molecular flexibility index (Phi) is 2.49. The zero-order chi connectivity index (χ0) is 8.43. The highest BCUT2D eigenvalue weighted by Crippen LogP contribution is 2.31. The molecule has 0 aromatic rings. The summed E-state index contributed by atoms with van der Waals surface area (Å²) in [7, 11) is 1.99. The Morgan fingerprint density at radius 3 is 2.55 bits per heavy atom. The third kappa shape index (κ3) is 1.53. The molecule has 1 rings (SSSR count). The summed E-state index contributed by atoms with van der Waals surface area (Å²) in [6.45, 7) is 2.99. The smallest absolute Gasteiger partial charge is 0.308 e. The summed E-state index contributed by atoms with van der Waals surface area (Å²) < 4.78 is 0. The van der Waals surface area contributed by atoms with Crippen LogP contribution in [0.1, 0.15) is 19.8 Å². The van der Waals surface area contributed by atoms with Crippen LogP contribution in [0, 0.1) is 5.92 Å². The van der Waals surface area contributed by atoms with Gasteiger partial charge in [0.2, 0.25) is 0 Å². The normalized spacial score (nSPS) is 30.1. The number of hydrogen-bond acceptors (Lipinski definition) is 2. The number of carboxylic acids is 1. The maximum absolute atomic E-state index is 10.6. The van der Waals surface area contributed by atoms with Crippen LogP contribution in [0.5, 0.6) is 0 Å². The van der Waals surface area contributed by atoms with Crippen LogP contribution < -0.4 is 0 Å². The summed E-state index contributed by atoms with van der Waals surface area (Å²) in [5, 5.41) is 8.72. The molecule has 0 aliphatic heterocycles. The van der Waals surface area contributed by atoms with Crippen molar-refractivity contribution in [2.75, 3.05) is 13.6 Å². The van der Waals surface area contributed by atoms with Gasteiger partial charge in [-0.05, 0) is 26.4 Å². The van der Waals surface area contributed by atoms with E-state index in [0.29, 0.717) is 0 Å². The van der Waals surface area contributed by atoms with E-state index in [-0.39, 0.29) is 12.0 Å². The van der Waals surface area contributed by atoms with E-state index in [4.69, 9.17) is 5.11 Å². The van der Waals surface area contributed by atoms with Crippen molar-refractivity contribution >= 4 is 5.97 Å². The molecule has 2 unspecified atom stereocenters. The highest BCUT2D eigenvalue weighted by Gasteiger charge is 2.38. The van der Waals surface area contributed by atoms with Gasteiger partial charge < -0.3 is 10.0 Å². The van der Waals surface area contributed by atoms with Crippen LogP contribution in [0.15, 0.2) is 0 Å². The SMILES string of the molecule is CCN(C)C1CCC1C(=O)O. The zero-order valence-electron chi connectivity index (χ0n) is 7.08. The first kappa shape index (κ1) is 8.53. The first-order valence-corrected chi connectivity index (χ1v) is 4.09. The molecule has 3 heteroatoms. The van der Waals surface area contributed by atoms with Gasteiger partial charge in [0.1, 0.15) is 0 Å². The molecule has 1 fully saturated rings. The molecule has 0 radical (unpaired) electrons. The van der Waals surface area contributed by atoms with E-state index >= 15 is 0 Å². The second-order valence-electron chi connectivity index (χ2n) is 3.16. The molecule has 0 aromatic heterocycles. The Labute approximate surface area is 67.0 Å². The van der Waals surface area contributed by atoms with Crippen molar-refractivity contribution < 1.29 is 9.90 Å². The Balaban J connectivity index is 2.42. The predicted molar refractivity (Wildman–Crippen MR) is 42.5 cm³/mol. The van der Waals surface area contributed by atoms with Crippen molar-refractivity contribution in [1.82, 2.24) is 4.90 Å². The van der Waals surface area contributed by atoms with Crippen molar-refractivity contribution in [2.45, 2.75) is 25.8 Å². The fourth-order valence-electron chi connectivity index (χ4n) is 1.53. The summed E-state index contributed by atoms with van der Waals surface area (Å²) >= 11 is 0. The molecule has 0 bridgehead atoms. The van der Waals surface area contributed by atoms with Gasteiger partial charge in [0.15, 0.2) is 0 Å². The van der Waals surface area contributed by atoms with Crippen LogP contribution in [0.4, 0.5) is 0 Å². The summed E-state index contributed by atoms with van der Waals surface area (Å²) in [5.74, 6) is -0.749. The Morgan fingerprint density at radius 1 is 1.64 bits per heavy atom. The van der Waals surface area contributed by atoms with E-state index in [1.54, 1.807) is 0 Å². The van der Waals surface area contributed by atoms with Crippen molar-refractivity contribution in [3.63, 3.8) is 0 Å². The van der Waals surface area contributed by atoms with Crippen LogP contribution in [0.2, 0.25) is 0 Å². The summed E-state index contributed by atoms with van der Waals surface area (Å²) in [4.78, 5) is 12.7. The molecule has 0 heterocycles. The maximum atomic E-state index is 10.6. The molecule has 1 aliphatic carbocycles. The van der Waals surface area contributed by atoms with Crippen molar-refractivity contribution in [3.05, 3.63) is 0 Å². The van der Waals surface area contributed by atoms with Gasteiger partial charge in [-0.2, -0.15) is 0 Å². The summed E-state index contributed by atoms with van der Waals surface area (Å²) in [6.07, 6.45) is 1.89. The minimum Gasteiger partial charge on any atom is -0.481 e. The van der Waals surface area contributed by atoms with Crippen LogP contribution in [0.3, 0.4) is 0 Å². The van der Waals surface area contributed by atoms with Crippen LogP contribution in [0.25, 0.3) is 0 Å². The lowest BCUT2D eigenvalue weighted by molar-refractivity contribution is -0.148. The van der Waals surface area contributed by atoms with Crippen LogP contribution in [-0.2, 0) is 4.79 Å². The Bertz CT molecular complexity index is 158. The molecule has 1 aliphatic rings. The van der Waals surface area contributed by atoms with E-state index in [0.717, 1.165) is 19.4 Å². The number of nitrogens with zero attached hydrogens (tertiary/aromatic N) is 1. The molecule has 64 valence electrons. The molecule has 0 spiro atoms. The number of hydrogen-bond donors (Lipinski definition) is 1. The molecule has 1 saturated carbocycles. The lowest BCUT2D eigenvalue weighted by Gasteiger charge is -2.39. The molecule has 11 heavy (non-hydrogen) atoms. The fourth-order valence-corrected chi connectivity index (χ4v) is 1.53. The topological polar surface area (TPSA) is 40.5 Å². The van der Waals surface area contributed by atoms with Crippen LogP contribution >= 0.6 is 0 Å².